The number of halogens is 2. The van der Waals surface area contributed by atoms with Gasteiger partial charge in [-0.15, -0.1) is 0 Å². The van der Waals surface area contributed by atoms with Crippen LogP contribution >= 0.6 is 23.2 Å². The number of nitrogens with one attached hydrogen (secondary N) is 2. The lowest BCUT2D eigenvalue weighted by atomic mass is 9.92. The number of amides is 1. The summed E-state index contributed by atoms with van der Waals surface area (Å²) in [5.41, 5.74) is 0.870. The minimum absolute atomic E-state index is 0.125. The molecule has 2 rings (SSSR count). The molecule has 1 amide bonds. The minimum Gasteiger partial charge on any atom is -0.322 e. The quantitative estimate of drug-likeness (QED) is 0.834. The Kier molecular flexibility index (Phi) is 4.95. The molecule has 1 aliphatic carbocycles. The van der Waals surface area contributed by atoms with Gasteiger partial charge in [0.1, 0.15) is 0 Å². The van der Waals surface area contributed by atoms with Gasteiger partial charge in [0.15, 0.2) is 0 Å². The Bertz CT molecular complexity index is 478. The zero-order chi connectivity index (χ0) is 14.8. The summed E-state index contributed by atoms with van der Waals surface area (Å²) >= 11 is 12.0. The first-order valence-corrected chi connectivity index (χ1v) is 7.65. The van der Waals surface area contributed by atoms with Gasteiger partial charge in [-0.2, -0.15) is 0 Å². The summed E-state index contributed by atoms with van der Waals surface area (Å²) in [4.78, 5) is 11.9. The van der Waals surface area contributed by atoms with Crippen molar-refractivity contribution in [3.63, 3.8) is 0 Å². The number of hydrogen-bond acceptors (Lipinski definition) is 2. The van der Waals surface area contributed by atoms with Crippen LogP contribution in [0.1, 0.15) is 26.7 Å². The molecule has 110 valence electrons. The fourth-order valence-electron chi connectivity index (χ4n) is 2.34. The SMILES string of the molecule is CC(C)C1(CNCC(=O)Nc2c(Cl)cccc2Cl)CC1. The van der Waals surface area contributed by atoms with Gasteiger partial charge in [0.05, 0.1) is 22.3 Å². The lowest BCUT2D eigenvalue weighted by Gasteiger charge is -2.20. The standard InChI is InChI=1S/C15H20Cl2N2O/c1-10(2)15(6-7-15)9-18-8-13(20)19-14-11(16)4-3-5-12(14)17/h3-5,10,18H,6-9H2,1-2H3,(H,19,20). The van der Waals surface area contributed by atoms with Crippen molar-refractivity contribution in [3.8, 4) is 0 Å². The molecule has 0 spiro atoms. The second-order valence-electron chi connectivity index (χ2n) is 5.77. The second-order valence-corrected chi connectivity index (χ2v) is 6.58. The first-order chi connectivity index (χ1) is 9.44. The minimum atomic E-state index is -0.125. The van der Waals surface area contributed by atoms with E-state index in [2.05, 4.69) is 24.5 Å². The Morgan fingerprint density at radius 1 is 1.30 bits per heavy atom. The molecule has 1 saturated carbocycles. The molecule has 3 nitrogen and oxygen atoms in total. The maximum absolute atomic E-state index is 11.9. The van der Waals surface area contributed by atoms with Gasteiger partial charge >= 0.3 is 0 Å². The van der Waals surface area contributed by atoms with E-state index in [1.807, 2.05) is 0 Å². The molecule has 0 bridgehead atoms. The molecule has 1 aliphatic rings. The number of rotatable bonds is 6. The van der Waals surface area contributed by atoms with E-state index in [4.69, 9.17) is 23.2 Å². The predicted octanol–water partition coefficient (Wildman–Crippen LogP) is 3.96. The van der Waals surface area contributed by atoms with Crippen molar-refractivity contribution in [2.24, 2.45) is 11.3 Å². The Labute approximate surface area is 130 Å². The van der Waals surface area contributed by atoms with E-state index >= 15 is 0 Å². The summed E-state index contributed by atoms with van der Waals surface area (Å²) in [6.45, 7) is 5.63. The Morgan fingerprint density at radius 2 is 1.90 bits per heavy atom. The molecule has 0 aliphatic heterocycles. The fraction of sp³-hybridized carbons (Fsp3) is 0.533. The monoisotopic (exact) mass is 314 g/mol. The van der Waals surface area contributed by atoms with Gasteiger partial charge in [-0.3, -0.25) is 4.79 Å². The van der Waals surface area contributed by atoms with Crippen LogP contribution in [-0.4, -0.2) is 19.0 Å². The first kappa shape index (κ1) is 15.6. The van der Waals surface area contributed by atoms with Gasteiger partial charge in [-0.1, -0.05) is 43.1 Å². The van der Waals surface area contributed by atoms with Crippen molar-refractivity contribution in [2.45, 2.75) is 26.7 Å². The summed E-state index contributed by atoms with van der Waals surface area (Å²) < 4.78 is 0. The second kappa shape index (κ2) is 6.33. The zero-order valence-electron chi connectivity index (χ0n) is 11.8. The first-order valence-electron chi connectivity index (χ1n) is 6.89. The highest BCUT2D eigenvalue weighted by Crippen LogP contribution is 2.51. The number of hydrogen-bond donors (Lipinski definition) is 2. The Hall–Kier alpha value is -0.770. The highest BCUT2D eigenvalue weighted by atomic mass is 35.5. The van der Waals surface area contributed by atoms with Crippen LogP contribution < -0.4 is 10.6 Å². The molecule has 1 fully saturated rings. The summed E-state index contributed by atoms with van der Waals surface area (Å²) in [5.74, 6) is 0.524. The van der Waals surface area contributed by atoms with Crippen LogP contribution in [0.3, 0.4) is 0 Å². The smallest absolute Gasteiger partial charge is 0.238 e. The number of para-hydroxylation sites is 1. The molecule has 0 heterocycles. The summed E-state index contributed by atoms with van der Waals surface area (Å²) in [6.07, 6.45) is 2.49. The maximum atomic E-state index is 11.9. The number of benzene rings is 1. The molecule has 1 aromatic carbocycles. The van der Waals surface area contributed by atoms with Gasteiger partial charge in [0.25, 0.3) is 0 Å². The van der Waals surface area contributed by atoms with Crippen molar-refractivity contribution < 1.29 is 4.79 Å². The van der Waals surface area contributed by atoms with Crippen LogP contribution in [-0.2, 0) is 4.79 Å². The highest BCUT2D eigenvalue weighted by Gasteiger charge is 2.44. The Morgan fingerprint density at radius 3 is 2.40 bits per heavy atom. The molecule has 0 aromatic heterocycles. The summed E-state index contributed by atoms with van der Waals surface area (Å²) in [5, 5.41) is 6.88. The topological polar surface area (TPSA) is 41.1 Å². The average molecular weight is 315 g/mol. The molecule has 0 saturated heterocycles. The van der Waals surface area contributed by atoms with E-state index in [1.165, 1.54) is 12.8 Å². The zero-order valence-corrected chi connectivity index (χ0v) is 13.3. The van der Waals surface area contributed by atoms with Gasteiger partial charge in [-0.05, 0) is 36.3 Å². The normalized spacial score (nSPS) is 16.2. The van der Waals surface area contributed by atoms with Crippen molar-refractivity contribution >= 4 is 34.8 Å². The van der Waals surface area contributed by atoms with Crippen molar-refractivity contribution in [3.05, 3.63) is 28.2 Å². The van der Waals surface area contributed by atoms with Crippen LogP contribution in [0.15, 0.2) is 18.2 Å². The van der Waals surface area contributed by atoms with Crippen LogP contribution in [0.2, 0.25) is 10.0 Å². The number of carbonyl (C=O) groups excluding carboxylic acids is 1. The molecular formula is C15H20Cl2N2O. The third kappa shape index (κ3) is 3.66. The molecule has 0 radical (unpaired) electrons. The lowest BCUT2D eigenvalue weighted by Crippen LogP contribution is -2.34. The lowest BCUT2D eigenvalue weighted by molar-refractivity contribution is -0.115. The van der Waals surface area contributed by atoms with E-state index in [1.54, 1.807) is 18.2 Å². The van der Waals surface area contributed by atoms with E-state index in [0.29, 0.717) is 27.1 Å². The van der Waals surface area contributed by atoms with Gasteiger partial charge < -0.3 is 10.6 Å². The van der Waals surface area contributed by atoms with Crippen molar-refractivity contribution in [2.75, 3.05) is 18.4 Å². The largest absolute Gasteiger partial charge is 0.322 e. The molecular weight excluding hydrogens is 295 g/mol. The van der Waals surface area contributed by atoms with Crippen molar-refractivity contribution in [1.29, 1.82) is 0 Å². The molecule has 0 unspecified atom stereocenters. The average Bonchev–Trinajstić information content (AvgIpc) is 3.15. The van der Waals surface area contributed by atoms with Crippen LogP contribution in [0.25, 0.3) is 0 Å². The van der Waals surface area contributed by atoms with E-state index in [-0.39, 0.29) is 12.5 Å². The van der Waals surface area contributed by atoms with Crippen LogP contribution in [0.5, 0.6) is 0 Å². The highest BCUT2D eigenvalue weighted by molar-refractivity contribution is 6.39. The summed E-state index contributed by atoms with van der Waals surface area (Å²) in [6, 6.07) is 5.15. The Balaban J connectivity index is 1.82. The van der Waals surface area contributed by atoms with Crippen molar-refractivity contribution in [1.82, 2.24) is 5.32 Å². The number of carbonyl (C=O) groups is 1. The molecule has 0 atom stereocenters. The third-order valence-corrected chi connectivity index (χ3v) is 4.74. The fourth-order valence-corrected chi connectivity index (χ4v) is 2.84. The third-order valence-electron chi connectivity index (χ3n) is 4.11. The van der Waals surface area contributed by atoms with Crippen LogP contribution in [0.4, 0.5) is 5.69 Å². The van der Waals surface area contributed by atoms with E-state index in [0.717, 1.165) is 6.54 Å². The van der Waals surface area contributed by atoms with Gasteiger partial charge in [0.2, 0.25) is 5.91 Å². The van der Waals surface area contributed by atoms with Gasteiger partial charge in [-0.25, -0.2) is 0 Å². The molecule has 5 heteroatoms. The van der Waals surface area contributed by atoms with Gasteiger partial charge in [0, 0.05) is 6.54 Å². The van der Waals surface area contributed by atoms with E-state index in [9.17, 15) is 4.79 Å². The van der Waals surface area contributed by atoms with Crippen LogP contribution in [0, 0.1) is 11.3 Å². The summed E-state index contributed by atoms with van der Waals surface area (Å²) in [7, 11) is 0. The number of anilines is 1. The maximum Gasteiger partial charge on any atom is 0.238 e. The van der Waals surface area contributed by atoms with E-state index < -0.39 is 0 Å². The predicted molar refractivity (Wildman–Crippen MR) is 84.5 cm³/mol. The molecule has 20 heavy (non-hydrogen) atoms. The molecule has 2 N–H and O–H groups in total. The molecule has 1 aromatic rings.